The van der Waals surface area contributed by atoms with E-state index in [-0.39, 0.29) is 0 Å². The van der Waals surface area contributed by atoms with Crippen LogP contribution in [0.4, 0.5) is 0 Å². The van der Waals surface area contributed by atoms with Crippen LogP contribution in [-0.2, 0) is 9.53 Å². The van der Waals surface area contributed by atoms with E-state index in [1.807, 2.05) is 42.5 Å². The molecule has 1 aliphatic heterocycles. The van der Waals surface area contributed by atoms with E-state index < -0.39 is 5.97 Å². The third-order valence-electron chi connectivity index (χ3n) is 4.30. The Bertz CT molecular complexity index is 1050. The predicted octanol–water partition coefficient (Wildman–Crippen LogP) is 6.64. The molecule has 4 heteroatoms. The van der Waals surface area contributed by atoms with Crippen LogP contribution in [0.5, 0.6) is 0 Å². The maximum absolute atomic E-state index is 12.2. The molecule has 0 fully saturated rings. The molecule has 1 aliphatic rings. The molecule has 0 saturated heterocycles. The van der Waals surface area contributed by atoms with Crippen LogP contribution in [0.15, 0.2) is 84.4 Å². The molecule has 0 saturated carbocycles. The monoisotopic (exact) mass is 392 g/mol. The van der Waals surface area contributed by atoms with E-state index in [4.69, 9.17) is 27.9 Å². The molecular formula is C23H14Cl2O2. The Morgan fingerprint density at radius 3 is 1.96 bits per heavy atom. The Labute approximate surface area is 167 Å². The zero-order valence-corrected chi connectivity index (χ0v) is 15.7. The van der Waals surface area contributed by atoms with Gasteiger partial charge in [-0.3, -0.25) is 0 Å². The zero-order valence-electron chi connectivity index (χ0n) is 14.2. The van der Waals surface area contributed by atoms with E-state index in [0.717, 1.165) is 16.7 Å². The number of esters is 1. The standard InChI is InChI=1S/C23H14Cl2O2/c24-20-7-4-8-21(25)19(20)13-18-14-22(27-23(18)26)17-11-9-16(10-12-17)15-5-2-1-3-6-15/h1-14H/b18-13+. The van der Waals surface area contributed by atoms with Crippen molar-refractivity contribution in [2.75, 3.05) is 0 Å². The summed E-state index contributed by atoms with van der Waals surface area (Å²) in [5.74, 6) is 0.0853. The number of carbonyl (C=O) groups excluding carboxylic acids is 1. The van der Waals surface area contributed by atoms with Gasteiger partial charge in [-0.25, -0.2) is 4.79 Å². The summed E-state index contributed by atoms with van der Waals surface area (Å²) in [7, 11) is 0. The first-order chi connectivity index (χ1) is 13.1. The minimum atomic E-state index is -0.423. The van der Waals surface area contributed by atoms with Gasteiger partial charge in [0.15, 0.2) is 0 Å². The molecule has 4 rings (SSSR count). The van der Waals surface area contributed by atoms with Crippen molar-refractivity contribution in [3.8, 4) is 11.1 Å². The van der Waals surface area contributed by atoms with Crippen molar-refractivity contribution in [1.29, 1.82) is 0 Å². The molecule has 0 atom stereocenters. The molecule has 0 unspecified atom stereocenters. The van der Waals surface area contributed by atoms with Crippen molar-refractivity contribution >= 4 is 41.0 Å². The Balaban J connectivity index is 1.64. The summed E-state index contributed by atoms with van der Waals surface area (Å²) in [4.78, 5) is 12.2. The van der Waals surface area contributed by atoms with Crippen LogP contribution in [0, 0.1) is 0 Å². The number of rotatable bonds is 3. The molecule has 1 heterocycles. The molecule has 0 aromatic heterocycles. The number of carbonyl (C=O) groups is 1. The fourth-order valence-electron chi connectivity index (χ4n) is 2.89. The topological polar surface area (TPSA) is 26.3 Å². The van der Waals surface area contributed by atoms with Crippen molar-refractivity contribution in [1.82, 2.24) is 0 Å². The fourth-order valence-corrected chi connectivity index (χ4v) is 3.40. The number of ether oxygens (including phenoxy) is 1. The van der Waals surface area contributed by atoms with Crippen LogP contribution in [-0.4, -0.2) is 5.97 Å². The van der Waals surface area contributed by atoms with Gasteiger partial charge in [0.25, 0.3) is 0 Å². The lowest BCUT2D eigenvalue weighted by molar-refractivity contribution is -0.130. The molecule has 0 N–H and O–H groups in total. The van der Waals surface area contributed by atoms with Crippen LogP contribution >= 0.6 is 23.2 Å². The Morgan fingerprint density at radius 2 is 1.30 bits per heavy atom. The summed E-state index contributed by atoms with van der Waals surface area (Å²) in [5.41, 5.74) is 4.08. The van der Waals surface area contributed by atoms with Crippen LogP contribution in [0.3, 0.4) is 0 Å². The largest absolute Gasteiger partial charge is 0.422 e. The Morgan fingerprint density at radius 1 is 0.704 bits per heavy atom. The van der Waals surface area contributed by atoms with E-state index >= 15 is 0 Å². The second-order valence-electron chi connectivity index (χ2n) is 6.08. The Hall–Kier alpha value is -2.81. The van der Waals surface area contributed by atoms with Crippen molar-refractivity contribution in [3.05, 3.63) is 106 Å². The average Bonchev–Trinajstić information content (AvgIpc) is 3.06. The van der Waals surface area contributed by atoms with Crippen molar-refractivity contribution in [2.45, 2.75) is 0 Å². The van der Waals surface area contributed by atoms with Gasteiger partial charge in [-0.2, -0.15) is 0 Å². The fraction of sp³-hybridized carbons (Fsp3) is 0. The Kier molecular flexibility index (Phi) is 4.85. The third kappa shape index (κ3) is 3.68. The van der Waals surface area contributed by atoms with Crippen LogP contribution in [0.2, 0.25) is 10.0 Å². The minimum absolute atomic E-state index is 0.409. The number of benzene rings is 3. The molecule has 132 valence electrons. The molecule has 2 nitrogen and oxygen atoms in total. The predicted molar refractivity (Wildman–Crippen MR) is 110 cm³/mol. The molecule has 0 bridgehead atoms. The summed E-state index contributed by atoms with van der Waals surface area (Å²) in [6.07, 6.45) is 3.36. The number of halogens is 2. The van der Waals surface area contributed by atoms with E-state index in [2.05, 4.69) is 12.1 Å². The second kappa shape index (κ2) is 7.43. The number of cyclic esters (lactones) is 1. The third-order valence-corrected chi connectivity index (χ3v) is 4.96. The van der Waals surface area contributed by atoms with Gasteiger partial charge in [-0.05, 0) is 35.4 Å². The summed E-state index contributed by atoms with van der Waals surface area (Å²) in [5, 5.41) is 0.966. The quantitative estimate of drug-likeness (QED) is 0.368. The van der Waals surface area contributed by atoms with Gasteiger partial charge in [0.1, 0.15) is 5.76 Å². The van der Waals surface area contributed by atoms with E-state index in [9.17, 15) is 4.79 Å². The number of hydrogen-bond donors (Lipinski definition) is 0. The first-order valence-corrected chi connectivity index (χ1v) is 9.13. The van der Waals surface area contributed by atoms with E-state index in [1.54, 1.807) is 30.4 Å². The highest BCUT2D eigenvalue weighted by molar-refractivity contribution is 6.37. The van der Waals surface area contributed by atoms with Crippen LogP contribution in [0.25, 0.3) is 23.0 Å². The molecule has 27 heavy (non-hydrogen) atoms. The van der Waals surface area contributed by atoms with Crippen molar-refractivity contribution < 1.29 is 9.53 Å². The second-order valence-corrected chi connectivity index (χ2v) is 6.89. The van der Waals surface area contributed by atoms with Gasteiger partial charge in [0.2, 0.25) is 0 Å². The highest BCUT2D eigenvalue weighted by atomic mass is 35.5. The molecular weight excluding hydrogens is 379 g/mol. The maximum Gasteiger partial charge on any atom is 0.343 e. The van der Waals surface area contributed by atoms with Crippen molar-refractivity contribution in [3.63, 3.8) is 0 Å². The maximum atomic E-state index is 12.2. The number of hydrogen-bond acceptors (Lipinski definition) is 2. The lowest BCUT2D eigenvalue weighted by atomic mass is 10.0. The summed E-state index contributed by atoms with van der Waals surface area (Å²) >= 11 is 12.4. The molecule has 0 spiro atoms. The first-order valence-electron chi connectivity index (χ1n) is 8.37. The van der Waals surface area contributed by atoms with Gasteiger partial charge < -0.3 is 4.74 Å². The summed E-state index contributed by atoms with van der Waals surface area (Å²) < 4.78 is 5.43. The van der Waals surface area contributed by atoms with E-state index in [0.29, 0.717) is 26.9 Å². The molecule has 0 radical (unpaired) electrons. The highest BCUT2D eigenvalue weighted by Gasteiger charge is 2.22. The molecule has 0 amide bonds. The highest BCUT2D eigenvalue weighted by Crippen LogP contribution is 2.32. The smallest absolute Gasteiger partial charge is 0.343 e. The lowest BCUT2D eigenvalue weighted by Crippen LogP contribution is -1.97. The van der Waals surface area contributed by atoms with Crippen LogP contribution in [0.1, 0.15) is 11.1 Å². The van der Waals surface area contributed by atoms with Gasteiger partial charge >= 0.3 is 5.97 Å². The SMILES string of the molecule is O=C1OC(c2ccc(-c3ccccc3)cc2)=C/C1=C\c1c(Cl)cccc1Cl. The van der Waals surface area contributed by atoms with Gasteiger partial charge in [0, 0.05) is 21.2 Å². The van der Waals surface area contributed by atoms with E-state index in [1.165, 1.54) is 0 Å². The lowest BCUT2D eigenvalue weighted by Gasteiger charge is -2.05. The summed E-state index contributed by atoms with van der Waals surface area (Å²) in [6, 6.07) is 23.2. The first kappa shape index (κ1) is 17.6. The van der Waals surface area contributed by atoms with Crippen molar-refractivity contribution in [2.24, 2.45) is 0 Å². The molecule has 3 aromatic rings. The van der Waals surface area contributed by atoms with Gasteiger partial charge in [-0.1, -0.05) is 83.9 Å². The molecule has 0 aliphatic carbocycles. The van der Waals surface area contributed by atoms with Gasteiger partial charge in [-0.15, -0.1) is 0 Å². The zero-order chi connectivity index (χ0) is 18.8. The normalized spacial score (nSPS) is 15.0. The summed E-state index contributed by atoms with van der Waals surface area (Å²) in [6.45, 7) is 0. The minimum Gasteiger partial charge on any atom is -0.422 e. The van der Waals surface area contributed by atoms with Gasteiger partial charge in [0.05, 0.1) is 5.57 Å². The average molecular weight is 393 g/mol. The van der Waals surface area contributed by atoms with Crippen LogP contribution < -0.4 is 0 Å². The molecule has 3 aromatic carbocycles.